The number of H-pyrrole nitrogens is 3. The van der Waals surface area contributed by atoms with Gasteiger partial charge < -0.3 is 10.1 Å². The Morgan fingerprint density at radius 3 is 2.74 bits per heavy atom. The molecule has 4 N–H and O–H groups in total. The minimum Gasteiger partial charge on any atom is -0.507 e. The third-order valence-electron chi connectivity index (χ3n) is 2.80. The number of aromatic hydroxyl groups is 1. The van der Waals surface area contributed by atoms with Crippen LogP contribution in [-0.4, -0.2) is 25.0 Å². The van der Waals surface area contributed by atoms with Crippen LogP contribution in [0.3, 0.4) is 0 Å². The summed E-state index contributed by atoms with van der Waals surface area (Å²) in [5, 5.41) is 9.82. The molecule has 2 aromatic heterocycles. The molecule has 0 aliphatic heterocycles. The molecule has 0 spiro atoms. The van der Waals surface area contributed by atoms with Crippen LogP contribution in [0.15, 0.2) is 27.8 Å². The van der Waals surface area contributed by atoms with E-state index in [1.54, 1.807) is 18.2 Å². The number of hydrogen-bond acceptors (Lipinski definition) is 4. The van der Waals surface area contributed by atoms with Gasteiger partial charge >= 0.3 is 5.69 Å². The number of fused-ring (bicyclic) bond motifs is 1. The Hall–Kier alpha value is -2.83. The molecule has 0 saturated carbocycles. The van der Waals surface area contributed by atoms with Gasteiger partial charge in [-0.15, -0.1) is 0 Å². The first kappa shape index (κ1) is 11.3. The van der Waals surface area contributed by atoms with E-state index in [9.17, 15) is 14.7 Å². The fourth-order valence-corrected chi connectivity index (χ4v) is 1.90. The number of aromatic amines is 3. The highest BCUT2D eigenvalue weighted by Gasteiger charge is 2.12. The second-order valence-electron chi connectivity index (χ2n) is 4.24. The van der Waals surface area contributed by atoms with Crippen molar-refractivity contribution in [3.63, 3.8) is 0 Å². The summed E-state index contributed by atoms with van der Waals surface area (Å²) >= 11 is 0. The van der Waals surface area contributed by atoms with Gasteiger partial charge in [-0.25, -0.2) is 9.78 Å². The number of aromatic nitrogens is 4. The minimum atomic E-state index is -0.621. The van der Waals surface area contributed by atoms with Crippen molar-refractivity contribution in [3.8, 4) is 17.1 Å². The Morgan fingerprint density at radius 1 is 1.16 bits per heavy atom. The molecule has 2 heterocycles. The highest BCUT2D eigenvalue weighted by molar-refractivity contribution is 5.76. The second-order valence-corrected chi connectivity index (χ2v) is 4.24. The van der Waals surface area contributed by atoms with Crippen LogP contribution >= 0.6 is 0 Å². The number of imidazole rings is 1. The van der Waals surface area contributed by atoms with Crippen molar-refractivity contribution in [2.24, 2.45) is 0 Å². The summed E-state index contributed by atoms with van der Waals surface area (Å²) in [6.45, 7) is 1.88. The monoisotopic (exact) mass is 258 g/mol. The standard InChI is InChI=1S/C12H10N4O3/c1-5-2-3-7(17)6(4-5)9-13-8-10(14-9)15-12(19)16-11(8)18/h2-4,17H,1H3,(H3,13,14,15,16,18,19). The van der Waals surface area contributed by atoms with Crippen molar-refractivity contribution >= 4 is 11.2 Å². The molecule has 7 nitrogen and oxygen atoms in total. The maximum Gasteiger partial charge on any atom is 0.327 e. The zero-order chi connectivity index (χ0) is 13.6. The third-order valence-corrected chi connectivity index (χ3v) is 2.80. The zero-order valence-corrected chi connectivity index (χ0v) is 9.94. The van der Waals surface area contributed by atoms with E-state index >= 15 is 0 Å². The minimum absolute atomic E-state index is 0.0448. The SMILES string of the molecule is Cc1ccc(O)c(-c2nc3[nH]c(=O)[nH]c(=O)c3[nH]2)c1. The van der Waals surface area contributed by atoms with E-state index in [2.05, 4.69) is 19.9 Å². The molecule has 1 aromatic carbocycles. The van der Waals surface area contributed by atoms with Gasteiger partial charge in [-0.1, -0.05) is 11.6 Å². The molecule has 0 amide bonds. The fourth-order valence-electron chi connectivity index (χ4n) is 1.90. The normalized spacial score (nSPS) is 11.0. The molecule has 96 valence electrons. The number of aryl methyl sites for hydroxylation is 1. The predicted octanol–water partition coefficient (Wildman–Crippen LogP) is 0.621. The van der Waals surface area contributed by atoms with E-state index in [4.69, 9.17) is 0 Å². The van der Waals surface area contributed by atoms with Crippen LogP contribution in [-0.2, 0) is 0 Å². The molecule has 19 heavy (non-hydrogen) atoms. The molecule has 0 atom stereocenters. The van der Waals surface area contributed by atoms with Crippen molar-refractivity contribution in [1.82, 2.24) is 19.9 Å². The van der Waals surface area contributed by atoms with Crippen LogP contribution in [0, 0.1) is 6.92 Å². The van der Waals surface area contributed by atoms with Gasteiger partial charge in [0.2, 0.25) is 0 Å². The van der Waals surface area contributed by atoms with E-state index < -0.39 is 11.2 Å². The molecule has 3 aromatic rings. The lowest BCUT2D eigenvalue weighted by molar-refractivity contribution is 0.477. The van der Waals surface area contributed by atoms with E-state index in [1.165, 1.54) is 0 Å². The van der Waals surface area contributed by atoms with Gasteiger partial charge in [-0.05, 0) is 19.1 Å². The fraction of sp³-hybridized carbons (Fsp3) is 0.0833. The Balaban J connectivity index is 2.32. The van der Waals surface area contributed by atoms with E-state index in [0.29, 0.717) is 11.4 Å². The molecule has 0 radical (unpaired) electrons. The van der Waals surface area contributed by atoms with Crippen LogP contribution < -0.4 is 11.2 Å². The van der Waals surface area contributed by atoms with E-state index in [-0.39, 0.29) is 16.9 Å². The number of nitrogens with one attached hydrogen (secondary N) is 3. The Labute approximate surface area is 106 Å². The molecule has 0 unspecified atom stereocenters. The summed E-state index contributed by atoms with van der Waals surface area (Å²) in [5.41, 5.74) is 0.556. The molecule has 0 bridgehead atoms. The highest BCUT2D eigenvalue weighted by Crippen LogP contribution is 2.28. The first-order chi connectivity index (χ1) is 9.04. The topological polar surface area (TPSA) is 115 Å². The molecule has 3 rings (SSSR count). The van der Waals surface area contributed by atoms with Gasteiger partial charge in [0.15, 0.2) is 5.65 Å². The second kappa shape index (κ2) is 3.84. The molecular weight excluding hydrogens is 248 g/mol. The van der Waals surface area contributed by atoms with Gasteiger partial charge in [0.1, 0.15) is 17.1 Å². The van der Waals surface area contributed by atoms with Crippen LogP contribution in [0.2, 0.25) is 0 Å². The number of benzene rings is 1. The van der Waals surface area contributed by atoms with Gasteiger partial charge in [0.25, 0.3) is 5.56 Å². The Bertz CT molecular complexity index is 888. The van der Waals surface area contributed by atoms with Crippen molar-refractivity contribution in [2.45, 2.75) is 6.92 Å². The van der Waals surface area contributed by atoms with Crippen molar-refractivity contribution < 1.29 is 5.11 Å². The summed E-state index contributed by atoms with van der Waals surface area (Å²) in [5.74, 6) is 0.368. The first-order valence-corrected chi connectivity index (χ1v) is 5.57. The molecule has 0 aliphatic rings. The maximum absolute atomic E-state index is 11.6. The molecule has 7 heteroatoms. The van der Waals surface area contributed by atoms with Crippen LogP contribution in [0.5, 0.6) is 5.75 Å². The summed E-state index contributed by atoms with van der Waals surface area (Å²) < 4.78 is 0. The van der Waals surface area contributed by atoms with Crippen molar-refractivity contribution in [2.75, 3.05) is 0 Å². The lowest BCUT2D eigenvalue weighted by atomic mass is 10.1. The molecular formula is C12H10N4O3. The van der Waals surface area contributed by atoms with Gasteiger partial charge in [0, 0.05) is 0 Å². The highest BCUT2D eigenvalue weighted by atomic mass is 16.3. The summed E-state index contributed by atoms with van der Waals surface area (Å²) in [4.78, 5) is 34.2. The van der Waals surface area contributed by atoms with E-state index in [1.807, 2.05) is 6.92 Å². The van der Waals surface area contributed by atoms with Crippen molar-refractivity contribution in [1.29, 1.82) is 0 Å². The lowest BCUT2D eigenvalue weighted by Gasteiger charge is -2.01. The molecule has 0 saturated heterocycles. The third kappa shape index (κ3) is 1.81. The molecule has 0 aliphatic carbocycles. The number of phenols is 1. The van der Waals surface area contributed by atoms with E-state index in [0.717, 1.165) is 5.56 Å². The smallest absolute Gasteiger partial charge is 0.327 e. The van der Waals surface area contributed by atoms with Crippen LogP contribution in [0.25, 0.3) is 22.6 Å². The number of hydrogen-bond donors (Lipinski definition) is 4. The average Bonchev–Trinajstić information content (AvgIpc) is 2.76. The van der Waals surface area contributed by atoms with Gasteiger partial charge in [-0.2, -0.15) is 0 Å². The number of phenolic OH excluding ortho intramolecular Hbond substituents is 1. The van der Waals surface area contributed by atoms with Crippen LogP contribution in [0.4, 0.5) is 0 Å². The zero-order valence-electron chi connectivity index (χ0n) is 9.94. The predicted molar refractivity (Wildman–Crippen MR) is 69.2 cm³/mol. The number of nitrogens with zero attached hydrogens (tertiary/aromatic N) is 1. The lowest BCUT2D eigenvalue weighted by Crippen LogP contribution is -2.21. The maximum atomic E-state index is 11.6. The van der Waals surface area contributed by atoms with Gasteiger partial charge in [-0.3, -0.25) is 14.8 Å². The Kier molecular flexibility index (Phi) is 2.28. The number of rotatable bonds is 1. The van der Waals surface area contributed by atoms with Crippen molar-refractivity contribution in [3.05, 3.63) is 44.6 Å². The summed E-state index contributed by atoms with van der Waals surface area (Å²) in [6.07, 6.45) is 0. The quantitative estimate of drug-likeness (QED) is 0.512. The summed E-state index contributed by atoms with van der Waals surface area (Å²) in [6, 6.07) is 5.04. The Morgan fingerprint density at radius 2 is 1.95 bits per heavy atom. The average molecular weight is 258 g/mol. The first-order valence-electron chi connectivity index (χ1n) is 5.57. The molecule has 0 fully saturated rings. The van der Waals surface area contributed by atoms with Crippen LogP contribution in [0.1, 0.15) is 5.56 Å². The van der Waals surface area contributed by atoms with Gasteiger partial charge in [0.05, 0.1) is 5.56 Å². The summed E-state index contributed by atoms with van der Waals surface area (Å²) in [7, 11) is 0. The largest absolute Gasteiger partial charge is 0.507 e.